The molecule has 6 nitrogen and oxygen atoms in total. The molecule has 2 N–H and O–H groups in total. The zero-order valence-electron chi connectivity index (χ0n) is 12.6. The lowest BCUT2D eigenvalue weighted by Crippen LogP contribution is -2.29. The fourth-order valence-corrected chi connectivity index (χ4v) is 2.30. The van der Waals surface area contributed by atoms with E-state index in [1.807, 2.05) is 0 Å². The summed E-state index contributed by atoms with van der Waals surface area (Å²) in [5.41, 5.74) is 0.948. The molecule has 0 bridgehead atoms. The summed E-state index contributed by atoms with van der Waals surface area (Å²) in [5, 5.41) is 13.4. The molecule has 0 aliphatic carbocycles. The number of aliphatic hydroxyl groups is 1. The first-order valence-corrected chi connectivity index (χ1v) is 7.68. The van der Waals surface area contributed by atoms with Crippen LogP contribution in [0.5, 0.6) is 0 Å². The molecule has 122 valence electrons. The molecule has 2 aromatic heterocycles. The highest BCUT2D eigenvalue weighted by molar-refractivity contribution is 6.30. The number of aromatic nitrogens is 3. The molecule has 1 amide bonds. The monoisotopic (exact) mass is 342 g/mol. The van der Waals surface area contributed by atoms with Gasteiger partial charge in [0.25, 0.3) is 5.91 Å². The summed E-state index contributed by atoms with van der Waals surface area (Å²) in [6, 6.07) is 12.0. The van der Waals surface area contributed by atoms with E-state index in [-0.39, 0.29) is 18.1 Å². The predicted molar refractivity (Wildman–Crippen MR) is 90.1 cm³/mol. The first-order valence-electron chi connectivity index (χ1n) is 7.30. The highest BCUT2D eigenvalue weighted by Crippen LogP contribution is 2.16. The van der Waals surface area contributed by atoms with Gasteiger partial charge in [0.15, 0.2) is 0 Å². The lowest BCUT2D eigenvalue weighted by Gasteiger charge is -2.12. The molecule has 0 radical (unpaired) electrons. The Bertz CT molecular complexity index is 819. The number of pyridine rings is 1. The topological polar surface area (TPSA) is 80.0 Å². The Balaban J connectivity index is 1.65. The fourth-order valence-electron chi connectivity index (χ4n) is 2.17. The van der Waals surface area contributed by atoms with Crippen LogP contribution in [0.2, 0.25) is 5.02 Å². The lowest BCUT2D eigenvalue weighted by molar-refractivity contribution is 0.0911. The largest absolute Gasteiger partial charge is 0.387 e. The van der Waals surface area contributed by atoms with E-state index in [2.05, 4.69) is 15.3 Å². The number of benzene rings is 1. The molecular formula is C17H15ClN4O2. The summed E-state index contributed by atoms with van der Waals surface area (Å²) in [7, 11) is 0. The van der Waals surface area contributed by atoms with Crippen molar-refractivity contribution < 1.29 is 9.90 Å². The third-order valence-corrected chi connectivity index (χ3v) is 3.70. The van der Waals surface area contributed by atoms with Gasteiger partial charge in [0.2, 0.25) is 0 Å². The van der Waals surface area contributed by atoms with Crippen LogP contribution in [0.1, 0.15) is 22.2 Å². The van der Waals surface area contributed by atoms with E-state index in [4.69, 9.17) is 11.6 Å². The van der Waals surface area contributed by atoms with Crippen LogP contribution in [0.4, 0.5) is 0 Å². The smallest absolute Gasteiger partial charge is 0.270 e. The quantitative estimate of drug-likeness (QED) is 0.746. The first-order chi connectivity index (χ1) is 11.6. The number of carbonyl (C=O) groups is 1. The van der Waals surface area contributed by atoms with Crippen LogP contribution in [0.3, 0.4) is 0 Å². The number of halogens is 1. The van der Waals surface area contributed by atoms with Crippen LogP contribution in [-0.4, -0.2) is 32.1 Å². The SMILES string of the molecule is O=C(NCC(O)c1ccc(Cl)cc1)c1cccc(-n2ccnc2)n1. The van der Waals surface area contributed by atoms with Gasteiger partial charge in [-0.15, -0.1) is 0 Å². The number of nitrogens with zero attached hydrogens (tertiary/aromatic N) is 3. The average Bonchev–Trinajstić information content (AvgIpc) is 3.15. The molecular weight excluding hydrogens is 328 g/mol. The molecule has 0 aliphatic rings. The Morgan fingerprint density at radius 2 is 2.04 bits per heavy atom. The highest BCUT2D eigenvalue weighted by Gasteiger charge is 2.12. The second kappa shape index (κ2) is 7.25. The maximum absolute atomic E-state index is 12.2. The molecule has 3 rings (SSSR count). The van der Waals surface area contributed by atoms with Gasteiger partial charge < -0.3 is 10.4 Å². The van der Waals surface area contributed by atoms with Crippen molar-refractivity contribution in [1.82, 2.24) is 19.9 Å². The van der Waals surface area contributed by atoms with Crippen molar-refractivity contribution in [3.63, 3.8) is 0 Å². The summed E-state index contributed by atoms with van der Waals surface area (Å²) >= 11 is 5.81. The minimum Gasteiger partial charge on any atom is -0.387 e. The first kappa shape index (κ1) is 16.2. The molecule has 24 heavy (non-hydrogen) atoms. The minimum absolute atomic E-state index is 0.0808. The van der Waals surface area contributed by atoms with Gasteiger partial charge in [-0.3, -0.25) is 9.36 Å². The van der Waals surface area contributed by atoms with Gasteiger partial charge in [-0.1, -0.05) is 29.8 Å². The van der Waals surface area contributed by atoms with Gasteiger partial charge in [0.1, 0.15) is 17.8 Å². The van der Waals surface area contributed by atoms with Crippen molar-refractivity contribution in [2.75, 3.05) is 6.54 Å². The zero-order valence-corrected chi connectivity index (χ0v) is 13.4. The van der Waals surface area contributed by atoms with E-state index in [0.717, 1.165) is 0 Å². The number of amides is 1. The van der Waals surface area contributed by atoms with Crippen LogP contribution in [0.25, 0.3) is 5.82 Å². The molecule has 3 aromatic rings. The van der Waals surface area contributed by atoms with Crippen molar-refractivity contribution >= 4 is 17.5 Å². The van der Waals surface area contributed by atoms with Crippen molar-refractivity contribution in [3.8, 4) is 5.82 Å². The summed E-state index contributed by atoms with van der Waals surface area (Å²) in [4.78, 5) is 20.5. The highest BCUT2D eigenvalue weighted by atomic mass is 35.5. The number of hydrogen-bond acceptors (Lipinski definition) is 4. The molecule has 1 atom stereocenters. The molecule has 0 saturated carbocycles. The van der Waals surface area contributed by atoms with Gasteiger partial charge in [-0.25, -0.2) is 9.97 Å². The summed E-state index contributed by atoms with van der Waals surface area (Å²) in [6.45, 7) is 0.0808. The van der Waals surface area contributed by atoms with Gasteiger partial charge in [-0.2, -0.15) is 0 Å². The second-order valence-electron chi connectivity index (χ2n) is 5.13. The Morgan fingerprint density at radius 1 is 1.25 bits per heavy atom. The van der Waals surface area contributed by atoms with Crippen molar-refractivity contribution in [2.24, 2.45) is 0 Å². The number of rotatable bonds is 5. The van der Waals surface area contributed by atoms with E-state index < -0.39 is 6.10 Å². The summed E-state index contributed by atoms with van der Waals surface area (Å²) in [5.74, 6) is 0.239. The van der Waals surface area contributed by atoms with E-state index in [0.29, 0.717) is 16.4 Å². The standard InChI is InChI=1S/C17H15ClN4O2/c18-13-6-4-12(5-7-13)15(23)10-20-17(24)14-2-1-3-16(21-14)22-9-8-19-11-22/h1-9,11,15,23H,10H2,(H,20,24). The predicted octanol–water partition coefficient (Wildman–Crippen LogP) is 2.38. The molecule has 1 unspecified atom stereocenters. The number of hydrogen-bond donors (Lipinski definition) is 2. The van der Waals surface area contributed by atoms with E-state index in [9.17, 15) is 9.90 Å². The van der Waals surface area contributed by atoms with E-state index >= 15 is 0 Å². The molecule has 7 heteroatoms. The van der Waals surface area contributed by atoms with Gasteiger partial charge >= 0.3 is 0 Å². The third kappa shape index (κ3) is 3.79. The van der Waals surface area contributed by atoms with Gasteiger partial charge in [0.05, 0.1) is 6.10 Å². The summed E-state index contributed by atoms with van der Waals surface area (Å²) < 4.78 is 1.71. The van der Waals surface area contributed by atoms with E-state index in [1.54, 1.807) is 65.8 Å². The number of imidazole rings is 1. The van der Waals surface area contributed by atoms with Crippen molar-refractivity contribution in [1.29, 1.82) is 0 Å². The van der Waals surface area contributed by atoms with Crippen molar-refractivity contribution in [3.05, 3.63) is 77.5 Å². The van der Waals surface area contributed by atoms with Crippen LogP contribution in [0, 0.1) is 0 Å². The number of nitrogens with one attached hydrogen (secondary N) is 1. The van der Waals surface area contributed by atoms with Crippen molar-refractivity contribution in [2.45, 2.75) is 6.10 Å². The maximum Gasteiger partial charge on any atom is 0.270 e. The lowest BCUT2D eigenvalue weighted by atomic mass is 10.1. The van der Waals surface area contributed by atoms with Crippen LogP contribution in [0.15, 0.2) is 61.2 Å². The molecule has 2 heterocycles. The van der Waals surface area contributed by atoms with Gasteiger partial charge in [0, 0.05) is 24.0 Å². The normalized spacial score (nSPS) is 11.9. The molecule has 0 spiro atoms. The zero-order chi connectivity index (χ0) is 16.9. The molecule has 0 fully saturated rings. The van der Waals surface area contributed by atoms with Crippen LogP contribution < -0.4 is 5.32 Å². The fraction of sp³-hybridized carbons (Fsp3) is 0.118. The van der Waals surface area contributed by atoms with Crippen LogP contribution in [-0.2, 0) is 0 Å². The van der Waals surface area contributed by atoms with Gasteiger partial charge in [-0.05, 0) is 29.8 Å². The maximum atomic E-state index is 12.2. The van der Waals surface area contributed by atoms with E-state index in [1.165, 1.54) is 0 Å². The molecule has 1 aromatic carbocycles. The van der Waals surface area contributed by atoms with Crippen LogP contribution >= 0.6 is 11.6 Å². The Kier molecular flexibility index (Phi) is 4.88. The second-order valence-corrected chi connectivity index (χ2v) is 5.56. The number of aliphatic hydroxyl groups excluding tert-OH is 1. The average molecular weight is 343 g/mol. The molecule has 0 saturated heterocycles. The number of carbonyl (C=O) groups excluding carboxylic acids is 1. The molecule has 0 aliphatic heterocycles. The Hall–Kier alpha value is -2.70. The summed E-state index contributed by atoms with van der Waals surface area (Å²) in [6.07, 6.45) is 4.17. The third-order valence-electron chi connectivity index (χ3n) is 3.45. The Labute approximate surface area is 143 Å². The Morgan fingerprint density at radius 3 is 2.75 bits per heavy atom. The minimum atomic E-state index is -0.817.